The number of rotatable bonds is 23. The molecule has 0 bridgehead atoms. The summed E-state index contributed by atoms with van der Waals surface area (Å²) in [7, 11) is 0. The first-order chi connectivity index (χ1) is 55.2. The predicted molar refractivity (Wildman–Crippen MR) is 453 cm³/mol. The average Bonchev–Trinajstić information content (AvgIpc) is 0.795. The van der Waals surface area contributed by atoms with Crippen LogP contribution >= 0.6 is 27.7 Å². The van der Waals surface area contributed by atoms with E-state index in [0.717, 1.165) is 126 Å². The van der Waals surface area contributed by atoms with Crippen molar-refractivity contribution in [3.8, 4) is 34.2 Å². The molecule has 0 aliphatic carbocycles. The molecule has 3 fully saturated rings. The summed E-state index contributed by atoms with van der Waals surface area (Å²) in [6.45, 7) is 5.82. The first-order valence-corrected chi connectivity index (χ1v) is 40.1. The van der Waals surface area contributed by atoms with Gasteiger partial charge in [0, 0.05) is 155 Å². The number of aromatic nitrogens is 6. The van der Waals surface area contributed by atoms with E-state index in [4.69, 9.17) is 5.73 Å². The highest BCUT2D eigenvalue weighted by Gasteiger charge is 2.24. The smallest absolute Gasteiger partial charge is 0.335 e. The Morgan fingerprint density at radius 3 is 1.25 bits per heavy atom. The number of nitrogens with zero attached hydrogens (tertiary/aromatic N) is 9. The van der Waals surface area contributed by atoms with Crippen LogP contribution in [0.25, 0.3) is 34.2 Å². The number of anilines is 7. The molecule has 3 aliphatic heterocycles. The zero-order chi connectivity index (χ0) is 78.3. The third-order valence-corrected chi connectivity index (χ3v) is 21.4. The van der Waals surface area contributed by atoms with Crippen LogP contribution in [0.3, 0.4) is 0 Å². The van der Waals surface area contributed by atoms with E-state index in [-0.39, 0.29) is 47.7 Å². The number of ketones is 2. The highest BCUT2D eigenvalue weighted by atomic mass is 79.9. The van der Waals surface area contributed by atoms with Crippen molar-refractivity contribution in [3.63, 3.8) is 0 Å². The molecule has 0 atom stereocenters. The number of carbonyl (C=O) groups is 6. The second-order valence-electron chi connectivity index (χ2n) is 27.8. The van der Waals surface area contributed by atoms with Gasteiger partial charge in [-0.15, -0.1) is 11.8 Å². The number of carboxylic acid groups (broad SMARTS) is 1. The number of Topliss-reactive ketones (excluding diaryl/α,β-unsaturated/α-hetero) is 2. The largest absolute Gasteiger partial charge is 0.478 e. The quantitative estimate of drug-likeness (QED) is 0.0172. The molecule has 113 heavy (non-hydrogen) atoms. The third kappa shape index (κ3) is 21.5. The average molecular weight is 1590 g/mol. The lowest BCUT2D eigenvalue weighted by Gasteiger charge is -2.29. The molecule has 0 spiro atoms. The molecule has 3 aliphatic rings. The summed E-state index contributed by atoms with van der Waals surface area (Å²) in [5, 5.41) is 18.8. The number of hydrogen-bond donors (Lipinski definition) is 5. The lowest BCUT2D eigenvalue weighted by molar-refractivity contribution is 0.0695. The van der Waals surface area contributed by atoms with Crippen LogP contribution in [-0.4, -0.2) is 110 Å². The first kappa shape index (κ1) is 78.6. The Morgan fingerprint density at radius 1 is 0.381 bits per heavy atom. The summed E-state index contributed by atoms with van der Waals surface area (Å²) in [6.07, 6.45) is 20.9. The first-order valence-electron chi connectivity index (χ1n) is 38.0. The standard InChI is InChI=1S/C37H33N5O4S.C31H29BrN4O2.C23H24N4O/c43-35(27-12-7-9-25(19-27)24-47-31-14-8-13-28(20-31)37(45)46)41-33-16-15-30(42-17-5-2-6-18-42)21-32(33)36(44)40-29-22-38-34(39-23-29)26-10-3-1-4-11-26;32-19-22-8-7-11-25(16-22)31(38)35-28-13-12-26(36-14-5-2-6-15-36)18-27(28)29(37)17-23-20-33-30(34-21-23)24-9-3-1-4-10-24;24-21-10-9-19(27-11-5-2-6-12-27)14-20(21)22(28)13-17-15-25-23(26-16-17)18-7-3-1-4-8-18/h1,3-4,7-16,19-23H,2,5-6,17-18,24H2,(H,40,44)(H,41,43)(H,45,46);1,3-4,7-13,16,18,20-21H,2,5-6,14-15,17,19H2,(H,35,38);1,3-4,7-10,14-16H,2,5-6,11-13,24H2. The Bertz CT molecular complexity index is 5280. The van der Waals surface area contributed by atoms with Gasteiger partial charge in [-0.2, -0.15) is 0 Å². The molecule has 0 unspecified atom stereocenters. The maximum atomic E-state index is 13.7. The maximum absolute atomic E-state index is 13.7. The molecule has 22 heteroatoms. The Hall–Kier alpha value is -12.5. The molecule has 9 aromatic carbocycles. The molecule has 12 aromatic rings. The number of aromatic carboxylic acids is 1. The van der Waals surface area contributed by atoms with Gasteiger partial charge in [-0.05, 0) is 177 Å². The van der Waals surface area contributed by atoms with Crippen LogP contribution in [0, 0.1) is 0 Å². The summed E-state index contributed by atoms with van der Waals surface area (Å²) in [6, 6.07) is 67.7. The van der Waals surface area contributed by atoms with Crippen molar-refractivity contribution in [2.45, 2.75) is 86.6 Å². The van der Waals surface area contributed by atoms with Crippen molar-refractivity contribution in [2.75, 3.05) is 75.7 Å². The number of thioether (sulfide) groups is 1. The van der Waals surface area contributed by atoms with Gasteiger partial charge < -0.3 is 41.5 Å². The lowest BCUT2D eigenvalue weighted by Crippen LogP contribution is -2.29. The van der Waals surface area contributed by atoms with Gasteiger partial charge in [0.05, 0.1) is 40.6 Å². The van der Waals surface area contributed by atoms with E-state index >= 15 is 0 Å². The zero-order valence-corrected chi connectivity index (χ0v) is 64.9. The molecule has 0 radical (unpaired) electrons. The second kappa shape index (κ2) is 38.9. The number of piperidine rings is 3. The molecule has 20 nitrogen and oxygen atoms in total. The SMILES string of the molecule is Nc1ccc(N2CCCCC2)cc1C(=O)Cc1cnc(-c2ccccc2)nc1.O=C(Nc1ccc(N2CCCCC2)cc1C(=O)Cc1cnc(-c2ccccc2)nc1)c1cccc(CBr)c1.O=C(O)c1cccc(SCc2cccc(C(=O)Nc3ccc(N4CCCCC4)cc3C(=O)Nc3cnc(-c4ccccc4)nc3)c2)c1. The van der Waals surface area contributed by atoms with E-state index in [2.05, 4.69) is 76.5 Å². The minimum Gasteiger partial charge on any atom is -0.478 e. The summed E-state index contributed by atoms with van der Waals surface area (Å²) >= 11 is 4.93. The lowest BCUT2D eigenvalue weighted by atomic mass is 10.0. The molecule has 3 amide bonds. The molecule has 3 aromatic heterocycles. The van der Waals surface area contributed by atoms with Gasteiger partial charge in [-0.25, -0.2) is 34.7 Å². The zero-order valence-electron chi connectivity index (χ0n) is 62.5. The summed E-state index contributed by atoms with van der Waals surface area (Å²) in [4.78, 5) is 112. The van der Waals surface area contributed by atoms with E-state index < -0.39 is 5.97 Å². The van der Waals surface area contributed by atoms with Gasteiger partial charge in [0.25, 0.3) is 17.7 Å². The van der Waals surface area contributed by atoms with Crippen LogP contribution < -0.4 is 36.4 Å². The number of nitrogens with two attached hydrogens (primary N) is 1. The van der Waals surface area contributed by atoms with Gasteiger partial charge in [0.1, 0.15) is 0 Å². The van der Waals surface area contributed by atoms with E-state index in [0.29, 0.717) is 79.1 Å². The maximum Gasteiger partial charge on any atom is 0.335 e. The number of halogens is 1. The van der Waals surface area contributed by atoms with Crippen LogP contribution in [0.1, 0.15) is 142 Å². The van der Waals surface area contributed by atoms with E-state index in [1.165, 1.54) is 43.9 Å². The van der Waals surface area contributed by atoms with E-state index in [1.807, 2.05) is 176 Å². The third-order valence-electron chi connectivity index (χ3n) is 19.7. The number of carbonyl (C=O) groups excluding carboxylic acids is 5. The van der Waals surface area contributed by atoms with Crippen LogP contribution in [0.4, 0.5) is 39.8 Å². The fourth-order valence-corrected chi connectivity index (χ4v) is 14.9. The molecular weight excluding hydrogens is 1500 g/mol. The molecule has 6 heterocycles. The van der Waals surface area contributed by atoms with Gasteiger partial charge in [0.2, 0.25) is 0 Å². The number of amides is 3. The second-order valence-corrected chi connectivity index (χ2v) is 29.4. The van der Waals surface area contributed by atoms with Crippen molar-refractivity contribution in [1.29, 1.82) is 0 Å². The number of carboxylic acids is 1. The molecule has 570 valence electrons. The van der Waals surface area contributed by atoms with Gasteiger partial charge in [-0.1, -0.05) is 137 Å². The number of nitrogen functional groups attached to an aromatic ring is 1. The highest BCUT2D eigenvalue weighted by Crippen LogP contribution is 2.33. The normalized spacial score (nSPS) is 13.2. The molecule has 3 saturated heterocycles. The van der Waals surface area contributed by atoms with Crippen molar-refractivity contribution < 1.29 is 33.9 Å². The fourth-order valence-electron chi connectivity index (χ4n) is 13.7. The van der Waals surface area contributed by atoms with E-state index in [9.17, 15) is 33.9 Å². The topological polar surface area (TPSA) is 272 Å². The summed E-state index contributed by atoms with van der Waals surface area (Å²) < 4.78 is 0. The van der Waals surface area contributed by atoms with Crippen LogP contribution in [0.5, 0.6) is 0 Å². The number of nitrogens with one attached hydrogen (secondary N) is 3. The number of alkyl halides is 1. The molecule has 6 N–H and O–H groups in total. The molecular formula is C91H86BrN13O7S. The van der Waals surface area contributed by atoms with Crippen molar-refractivity contribution in [2.24, 2.45) is 0 Å². The minimum atomic E-state index is -0.975. The molecule has 0 saturated carbocycles. The van der Waals surface area contributed by atoms with Gasteiger partial charge in [-0.3, -0.25) is 24.0 Å². The predicted octanol–water partition coefficient (Wildman–Crippen LogP) is 18.5. The minimum absolute atomic E-state index is 0.00702. The van der Waals surface area contributed by atoms with Crippen LogP contribution in [-0.2, 0) is 23.9 Å². The van der Waals surface area contributed by atoms with Crippen molar-refractivity contribution >= 4 is 103 Å². The Balaban J connectivity index is 0.000000153. The Labute approximate surface area is 670 Å². The van der Waals surface area contributed by atoms with Crippen molar-refractivity contribution in [3.05, 3.63) is 311 Å². The van der Waals surface area contributed by atoms with Crippen LogP contribution in [0.15, 0.2) is 260 Å². The van der Waals surface area contributed by atoms with Crippen LogP contribution in [0.2, 0.25) is 0 Å². The number of benzene rings is 9. The fraction of sp³-hybridized carbons (Fsp3) is 0.209. The summed E-state index contributed by atoms with van der Waals surface area (Å²) in [5.74, 6) is 0.323. The van der Waals surface area contributed by atoms with Gasteiger partial charge >= 0.3 is 5.97 Å². The molecule has 15 rings (SSSR count). The summed E-state index contributed by atoms with van der Waals surface area (Å²) in [5.41, 5.74) is 19.8. The van der Waals surface area contributed by atoms with E-state index in [1.54, 1.807) is 79.6 Å². The highest BCUT2D eigenvalue weighted by molar-refractivity contribution is 9.08. The van der Waals surface area contributed by atoms with Gasteiger partial charge in [0.15, 0.2) is 29.0 Å². The number of hydrogen-bond acceptors (Lipinski definition) is 17. The van der Waals surface area contributed by atoms with Crippen molar-refractivity contribution in [1.82, 2.24) is 29.9 Å². The Kier molecular flexibility index (Phi) is 27.1. The monoisotopic (exact) mass is 1580 g/mol. The Morgan fingerprint density at radius 2 is 0.779 bits per heavy atom.